The van der Waals surface area contributed by atoms with Gasteiger partial charge in [0.1, 0.15) is 13.2 Å². The van der Waals surface area contributed by atoms with Crippen LogP contribution in [0.15, 0.2) is 18.2 Å². The van der Waals surface area contributed by atoms with Gasteiger partial charge >= 0.3 is 0 Å². The van der Waals surface area contributed by atoms with Crippen molar-refractivity contribution in [3.05, 3.63) is 23.8 Å². The second kappa shape index (κ2) is 5.62. The van der Waals surface area contributed by atoms with Gasteiger partial charge in [-0.2, -0.15) is 0 Å². The molecule has 2 heterocycles. The predicted octanol–water partition coefficient (Wildman–Crippen LogP) is 2.15. The van der Waals surface area contributed by atoms with E-state index in [1.54, 1.807) is 0 Å². The Labute approximate surface area is 120 Å². The zero-order chi connectivity index (χ0) is 14.0. The molecule has 2 aliphatic rings. The Morgan fingerprint density at radius 3 is 2.75 bits per heavy atom. The summed E-state index contributed by atoms with van der Waals surface area (Å²) in [4.78, 5) is 2.40. The molecule has 1 saturated heterocycles. The van der Waals surface area contributed by atoms with E-state index in [0.29, 0.717) is 13.2 Å². The van der Waals surface area contributed by atoms with Crippen molar-refractivity contribution in [1.82, 2.24) is 4.90 Å². The third kappa shape index (κ3) is 2.63. The lowest BCUT2D eigenvalue weighted by Crippen LogP contribution is -2.29. The van der Waals surface area contributed by atoms with Crippen molar-refractivity contribution in [2.24, 2.45) is 0 Å². The minimum atomic E-state index is -0.736. The first-order chi connectivity index (χ1) is 9.71. The Morgan fingerprint density at radius 1 is 1.15 bits per heavy atom. The molecule has 1 aromatic rings. The van der Waals surface area contributed by atoms with E-state index in [-0.39, 0.29) is 0 Å². The number of nitrogens with zero attached hydrogens (tertiary/aromatic N) is 1. The van der Waals surface area contributed by atoms with Crippen molar-refractivity contribution < 1.29 is 14.6 Å². The highest BCUT2D eigenvalue weighted by molar-refractivity contribution is 5.45. The van der Waals surface area contributed by atoms with Crippen LogP contribution in [0.5, 0.6) is 11.5 Å². The Bertz CT molecular complexity index is 477. The molecule has 0 bridgehead atoms. The topological polar surface area (TPSA) is 41.9 Å². The zero-order valence-corrected chi connectivity index (χ0v) is 12.1. The van der Waals surface area contributed by atoms with E-state index in [4.69, 9.17) is 9.47 Å². The zero-order valence-electron chi connectivity index (χ0n) is 12.1. The summed E-state index contributed by atoms with van der Waals surface area (Å²) in [6, 6.07) is 5.86. The molecule has 1 fully saturated rings. The molecule has 0 amide bonds. The second-order valence-electron chi connectivity index (χ2n) is 5.68. The molecule has 0 saturated carbocycles. The summed E-state index contributed by atoms with van der Waals surface area (Å²) < 4.78 is 11.2. The van der Waals surface area contributed by atoms with Gasteiger partial charge in [0.05, 0.1) is 5.60 Å². The summed E-state index contributed by atoms with van der Waals surface area (Å²) in [5.74, 6) is 1.55. The van der Waals surface area contributed by atoms with Crippen LogP contribution in [0.2, 0.25) is 0 Å². The monoisotopic (exact) mass is 277 g/mol. The minimum absolute atomic E-state index is 0.582. The van der Waals surface area contributed by atoms with Gasteiger partial charge in [0.2, 0.25) is 0 Å². The van der Waals surface area contributed by atoms with Gasteiger partial charge < -0.3 is 19.5 Å². The molecule has 1 N–H and O–H groups in total. The van der Waals surface area contributed by atoms with Crippen molar-refractivity contribution in [2.75, 3.05) is 32.8 Å². The average molecular weight is 277 g/mol. The molecule has 2 aliphatic heterocycles. The van der Waals surface area contributed by atoms with Gasteiger partial charge in [0.15, 0.2) is 11.5 Å². The standard InChI is InChI=1S/C16H23NO3/c1-2-17-8-3-6-16(18,7-9-17)13-4-5-14-15(12-13)20-11-10-19-14/h4-5,12,18H,2-3,6-11H2,1H3. The first-order valence-electron chi connectivity index (χ1n) is 7.56. The average Bonchev–Trinajstić information content (AvgIpc) is 2.69. The maximum absolute atomic E-state index is 11.0. The van der Waals surface area contributed by atoms with E-state index in [1.165, 1.54) is 0 Å². The third-order valence-corrected chi connectivity index (χ3v) is 4.43. The molecule has 4 nitrogen and oxygen atoms in total. The predicted molar refractivity (Wildman–Crippen MR) is 77.3 cm³/mol. The SMILES string of the molecule is CCN1CCCC(O)(c2ccc3c(c2)OCCO3)CC1. The van der Waals surface area contributed by atoms with E-state index in [2.05, 4.69) is 11.8 Å². The van der Waals surface area contributed by atoms with Gasteiger partial charge in [-0.25, -0.2) is 0 Å². The van der Waals surface area contributed by atoms with Crippen LogP contribution in [-0.4, -0.2) is 42.9 Å². The van der Waals surface area contributed by atoms with E-state index >= 15 is 0 Å². The Hall–Kier alpha value is -1.26. The number of likely N-dealkylation sites (tertiary alicyclic amines) is 1. The lowest BCUT2D eigenvalue weighted by molar-refractivity contribution is 0.0208. The molecule has 3 rings (SSSR count). The largest absolute Gasteiger partial charge is 0.486 e. The highest BCUT2D eigenvalue weighted by Crippen LogP contribution is 2.38. The number of benzene rings is 1. The second-order valence-corrected chi connectivity index (χ2v) is 5.68. The number of hydrogen-bond acceptors (Lipinski definition) is 4. The fourth-order valence-corrected chi connectivity index (χ4v) is 3.11. The van der Waals surface area contributed by atoms with Gasteiger partial charge in [-0.05, 0) is 50.0 Å². The molecule has 0 aliphatic carbocycles. The van der Waals surface area contributed by atoms with Gasteiger partial charge in [0, 0.05) is 6.54 Å². The quantitative estimate of drug-likeness (QED) is 0.899. The molecular formula is C16H23NO3. The van der Waals surface area contributed by atoms with Crippen molar-refractivity contribution in [3.8, 4) is 11.5 Å². The molecule has 0 radical (unpaired) electrons. The van der Waals surface area contributed by atoms with E-state index in [9.17, 15) is 5.11 Å². The number of aliphatic hydroxyl groups is 1. The number of hydrogen-bond donors (Lipinski definition) is 1. The molecule has 110 valence electrons. The molecule has 1 unspecified atom stereocenters. The first kappa shape index (κ1) is 13.7. The minimum Gasteiger partial charge on any atom is -0.486 e. The molecule has 4 heteroatoms. The number of rotatable bonds is 2. The van der Waals surface area contributed by atoms with Gasteiger partial charge in [-0.15, -0.1) is 0 Å². The maximum Gasteiger partial charge on any atom is 0.161 e. The third-order valence-electron chi connectivity index (χ3n) is 4.43. The Kier molecular flexibility index (Phi) is 3.85. The molecule has 1 aromatic carbocycles. The normalized spacial score (nSPS) is 27.1. The summed E-state index contributed by atoms with van der Waals surface area (Å²) in [6.45, 7) is 6.43. The Morgan fingerprint density at radius 2 is 1.95 bits per heavy atom. The van der Waals surface area contributed by atoms with Crippen molar-refractivity contribution >= 4 is 0 Å². The van der Waals surface area contributed by atoms with Crippen molar-refractivity contribution in [1.29, 1.82) is 0 Å². The van der Waals surface area contributed by atoms with Crippen LogP contribution in [0, 0.1) is 0 Å². The van der Waals surface area contributed by atoms with Gasteiger partial charge in [-0.3, -0.25) is 0 Å². The molecule has 1 atom stereocenters. The smallest absolute Gasteiger partial charge is 0.161 e. The summed E-state index contributed by atoms with van der Waals surface area (Å²) in [6.07, 6.45) is 2.61. The van der Waals surface area contributed by atoms with Crippen LogP contribution in [0.3, 0.4) is 0 Å². The van der Waals surface area contributed by atoms with E-state index in [1.807, 2.05) is 18.2 Å². The molecular weight excluding hydrogens is 254 g/mol. The maximum atomic E-state index is 11.0. The number of fused-ring (bicyclic) bond motifs is 1. The van der Waals surface area contributed by atoms with Crippen LogP contribution in [0.1, 0.15) is 31.7 Å². The molecule has 0 aromatic heterocycles. The number of ether oxygens (including phenoxy) is 2. The van der Waals surface area contributed by atoms with Crippen LogP contribution >= 0.6 is 0 Å². The Balaban J connectivity index is 1.83. The summed E-state index contributed by atoms with van der Waals surface area (Å²) in [7, 11) is 0. The molecule has 0 spiro atoms. The fraction of sp³-hybridized carbons (Fsp3) is 0.625. The summed E-state index contributed by atoms with van der Waals surface area (Å²) in [5, 5.41) is 11.0. The first-order valence-corrected chi connectivity index (χ1v) is 7.56. The van der Waals surface area contributed by atoms with Crippen LogP contribution in [0.25, 0.3) is 0 Å². The summed E-state index contributed by atoms with van der Waals surface area (Å²) >= 11 is 0. The van der Waals surface area contributed by atoms with Gasteiger partial charge in [-0.1, -0.05) is 13.0 Å². The lowest BCUT2D eigenvalue weighted by Gasteiger charge is -2.29. The van der Waals surface area contributed by atoms with Crippen molar-refractivity contribution in [3.63, 3.8) is 0 Å². The van der Waals surface area contributed by atoms with Crippen molar-refractivity contribution in [2.45, 2.75) is 31.8 Å². The van der Waals surface area contributed by atoms with Crippen LogP contribution in [0.4, 0.5) is 0 Å². The van der Waals surface area contributed by atoms with Gasteiger partial charge in [0.25, 0.3) is 0 Å². The fourth-order valence-electron chi connectivity index (χ4n) is 3.11. The highest BCUT2D eigenvalue weighted by Gasteiger charge is 2.32. The lowest BCUT2D eigenvalue weighted by atomic mass is 9.86. The van der Waals surface area contributed by atoms with Crippen LogP contribution in [-0.2, 0) is 5.60 Å². The highest BCUT2D eigenvalue weighted by atomic mass is 16.6. The van der Waals surface area contributed by atoms with E-state index in [0.717, 1.165) is 56.0 Å². The summed E-state index contributed by atoms with van der Waals surface area (Å²) in [5.41, 5.74) is 0.222. The van der Waals surface area contributed by atoms with E-state index < -0.39 is 5.60 Å². The molecule has 20 heavy (non-hydrogen) atoms. The van der Waals surface area contributed by atoms with Crippen LogP contribution < -0.4 is 9.47 Å².